The molecule has 0 spiro atoms. The van der Waals surface area contributed by atoms with E-state index in [9.17, 15) is 19.5 Å². The van der Waals surface area contributed by atoms with Crippen molar-refractivity contribution >= 4 is 24.8 Å². The van der Waals surface area contributed by atoms with Gasteiger partial charge in [0.15, 0.2) is 17.7 Å². The van der Waals surface area contributed by atoms with E-state index < -0.39 is 32.9 Å². The molecule has 0 bridgehead atoms. The Balaban J connectivity index is 1.80. The second-order valence-corrected chi connectivity index (χ2v) is 5.93. The third kappa shape index (κ3) is 2.95. The Morgan fingerprint density at radius 2 is 2.27 bits per heavy atom. The fraction of sp³-hybridized carbons (Fsp3) is 0.500. The van der Waals surface area contributed by atoms with Crippen molar-refractivity contribution in [2.75, 3.05) is 12.3 Å². The molecule has 0 aliphatic carbocycles. The van der Waals surface area contributed by atoms with Crippen LogP contribution in [0.25, 0.3) is 11.2 Å². The van der Waals surface area contributed by atoms with Crippen LogP contribution in [0.1, 0.15) is 12.6 Å². The van der Waals surface area contributed by atoms with Gasteiger partial charge in [-0.3, -0.25) is 4.57 Å². The molecule has 3 rings (SSSR count). The lowest BCUT2D eigenvalue weighted by molar-refractivity contribution is -0.342. The normalized spacial score (nSPS) is 25.9. The van der Waals surface area contributed by atoms with Crippen LogP contribution >= 0.6 is 7.82 Å². The highest BCUT2D eigenvalue weighted by molar-refractivity contribution is 7.43. The Kier molecular flexibility index (Phi) is 3.85. The van der Waals surface area contributed by atoms with E-state index in [0.717, 1.165) is 0 Å². The number of aliphatic hydroxyl groups is 1. The monoisotopic (exact) mass is 329 g/mol. The molecule has 0 radical (unpaired) electrons. The number of aromatic nitrogens is 4. The minimum Gasteiger partial charge on any atom is -0.790 e. The number of nitrogens with two attached hydrogens (primary N) is 1. The number of rotatable bonds is 4. The molecule has 11 nitrogen and oxygen atoms in total. The third-order valence-corrected chi connectivity index (χ3v) is 3.71. The van der Waals surface area contributed by atoms with Crippen molar-refractivity contribution in [3.8, 4) is 0 Å². The molecule has 3 atom stereocenters. The molecular formula is C10H12N5O6P-2. The first kappa shape index (κ1) is 15.3. The number of phosphoric acid groups is 1. The van der Waals surface area contributed by atoms with Crippen molar-refractivity contribution in [2.24, 2.45) is 0 Å². The number of nitrogens with zero attached hydrogens (tertiary/aromatic N) is 4. The van der Waals surface area contributed by atoms with Gasteiger partial charge in [-0.05, 0) is 0 Å². The minimum atomic E-state index is -5.08. The molecule has 3 heterocycles. The number of nitrogen functional groups attached to an aromatic ring is 1. The first-order valence-corrected chi connectivity index (χ1v) is 7.74. The van der Waals surface area contributed by atoms with E-state index in [2.05, 4.69) is 19.5 Å². The van der Waals surface area contributed by atoms with Crippen molar-refractivity contribution in [2.45, 2.75) is 24.9 Å². The van der Waals surface area contributed by atoms with Crippen molar-refractivity contribution in [3.05, 3.63) is 12.7 Å². The molecule has 2 aromatic rings. The molecule has 0 saturated carbocycles. The summed E-state index contributed by atoms with van der Waals surface area (Å²) in [6.45, 7) is -0.457. The van der Waals surface area contributed by atoms with E-state index >= 15 is 0 Å². The molecule has 2 aromatic heterocycles. The number of phosphoric ester groups is 1. The second kappa shape index (κ2) is 5.54. The topological polar surface area (TPSA) is 172 Å². The Hall–Kier alpha value is -1.62. The van der Waals surface area contributed by atoms with Crippen molar-refractivity contribution in [1.82, 2.24) is 19.5 Å². The molecule has 3 N–H and O–H groups in total. The smallest absolute Gasteiger partial charge is 0.167 e. The predicted octanol–water partition coefficient (Wildman–Crippen LogP) is -2.10. The number of aliphatic hydroxyl groups excluding tert-OH is 1. The quantitative estimate of drug-likeness (QED) is 0.592. The average molecular weight is 329 g/mol. The summed E-state index contributed by atoms with van der Waals surface area (Å²) in [5.41, 5.74) is 6.41. The maximum Gasteiger partial charge on any atom is 0.167 e. The molecule has 22 heavy (non-hydrogen) atoms. The predicted molar refractivity (Wildman–Crippen MR) is 67.8 cm³/mol. The van der Waals surface area contributed by atoms with Crippen LogP contribution in [0.2, 0.25) is 0 Å². The maximum absolute atomic E-state index is 10.5. The Bertz CT molecular complexity index is 732. The van der Waals surface area contributed by atoms with Gasteiger partial charge in [0.1, 0.15) is 17.9 Å². The van der Waals surface area contributed by atoms with Gasteiger partial charge >= 0.3 is 0 Å². The van der Waals surface area contributed by atoms with Crippen LogP contribution in [0.3, 0.4) is 0 Å². The van der Waals surface area contributed by atoms with Gasteiger partial charge in [0.05, 0.1) is 26.9 Å². The summed E-state index contributed by atoms with van der Waals surface area (Å²) in [6.07, 6.45) is 0.213. The van der Waals surface area contributed by atoms with Gasteiger partial charge in [0.25, 0.3) is 0 Å². The Morgan fingerprint density at radius 3 is 3.00 bits per heavy atom. The molecular weight excluding hydrogens is 317 g/mol. The van der Waals surface area contributed by atoms with Crippen molar-refractivity contribution < 1.29 is 28.7 Å². The molecule has 1 fully saturated rings. The molecule has 120 valence electrons. The molecule has 12 heteroatoms. The molecule has 0 unspecified atom stereocenters. The van der Waals surface area contributed by atoms with E-state index in [1.807, 2.05) is 0 Å². The fourth-order valence-corrected chi connectivity index (χ4v) is 2.67. The van der Waals surface area contributed by atoms with Gasteiger partial charge in [-0.25, -0.2) is 15.0 Å². The van der Waals surface area contributed by atoms with Crippen LogP contribution in [0.15, 0.2) is 12.7 Å². The molecule has 1 saturated heterocycles. The van der Waals surface area contributed by atoms with Crippen LogP contribution in [0.4, 0.5) is 5.82 Å². The zero-order chi connectivity index (χ0) is 15.9. The van der Waals surface area contributed by atoms with Gasteiger partial charge < -0.3 is 34.5 Å². The maximum atomic E-state index is 10.5. The summed E-state index contributed by atoms with van der Waals surface area (Å²) >= 11 is 0. The highest BCUT2D eigenvalue weighted by Gasteiger charge is 2.36. The lowest BCUT2D eigenvalue weighted by Gasteiger charge is -2.29. The number of imidazole rings is 1. The number of hydrogen-bond donors (Lipinski definition) is 2. The lowest BCUT2D eigenvalue weighted by Crippen LogP contribution is -2.22. The van der Waals surface area contributed by atoms with E-state index in [0.29, 0.717) is 11.2 Å². The van der Waals surface area contributed by atoms with E-state index in [4.69, 9.17) is 10.5 Å². The number of ether oxygens (including phenoxy) is 1. The number of fused-ring (bicyclic) bond motifs is 1. The van der Waals surface area contributed by atoms with E-state index in [-0.39, 0.29) is 12.2 Å². The molecule has 0 amide bonds. The van der Waals surface area contributed by atoms with Gasteiger partial charge in [-0.1, -0.05) is 0 Å². The zero-order valence-corrected chi connectivity index (χ0v) is 12.0. The van der Waals surface area contributed by atoms with Gasteiger partial charge in [-0.15, -0.1) is 0 Å². The molecule has 1 aliphatic heterocycles. The standard InChI is InChI=1S/C10H14N5O6P/c11-8-7-9(13-3-12-8)15(4-14-7)10-6(16)1-5(21-10)2-20-22(17,18)19/h3-6,10,16H,1-2H2,(H2,11,12,13)(H2,17,18,19)/p-2/t5-,6-,10+/m0/s1. The van der Waals surface area contributed by atoms with Gasteiger partial charge in [-0.2, -0.15) is 0 Å². The first-order chi connectivity index (χ1) is 10.3. The fourth-order valence-electron chi connectivity index (χ4n) is 2.32. The molecule has 0 aromatic carbocycles. The van der Waals surface area contributed by atoms with E-state index in [1.165, 1.54) is 17.2 Å². The summed E-state index contributed by atoms with van der Waals surface area (Å²) in [5, 5.41) is 10.1. The first-order valence-electron chi connectivity index (χ1n) is 6.28. The Morgan fingerprint density at radius 1 is 1.50 bits per heavy atom. The van der Waals surface area contributed by atoms with Crippen LogP contribution < -0.4 is 15.5 Å². The average Bonchev–Trinajstić information content (AvgIpc) is 3.00. The van der Waals surface area contributed by atoms with Crippen molar-refractivity contribution in [3.63, 3.8) is 0 Å². The van der Waals surface area contributed by atoms with Crippen LogP contribution in [-0.4, -0.2) is 43.4 Å². The highest BCUT2D eigenvalue weighted by atomic mass is 31.2. The largest absolute Gasteiger partial charge is 0.790 e. The summed E-state index contributed by atoms with van der Waals surface area (Å²) < 4.78 is 21.6. The number of hydrogen-bond acceptors (Lipinski definition) is 10. The van der Waals surface area contributed by atoms with Gasteiger partial charge in [0, 0.05) is 6.42 Å². The van der Waals surface area contributed by atoms with Crippen LogP contribution in [0, 0.1) is 0 Å². The Labute approximate surface area is 124 Å². The van der Waals surface area contributed by atoms with Gasteiger partial charge in [0.2, 0.25) is 0 Å². The summed E-state index contributed by atoms with van der Waals surface area (Å²) in [7, 11) is -5.08. The summed E-state index contributed by atoms with van der Waals surface area (Å²) in [6, 6.07) is 0. The van der Waals surface area contributed by atoms with Crippen LogP contribution in [-0.2, 0) is 13.8 Å². The summed E-state index contributed by atoms with van der Waals surface area (Å²) in [5.74, 6) is 0.190. The van der Waals surface area contributed by atoms with Crippen LogP contribution in [0.5, 0.6) is 0 Å². The second-order valence-electron chi connectivity index (χ2n) is 4.78. The van der Waals surface area contributed by atoms with E-state index in [1.54, 1.807) is 0 Å². The SMILES string of the molecule is Nc1ncnc2c1ncn2[C@@H]1O[C@H](COP(=O)([O-])[O-])C[C@@H]1O. The van der Waals surface area contributed by atoms with Crippen molar-refractivity contribution in [1.29, 1.82) is 0 Å². The third-order valence-electron chi connectivity index (χ3n) is 3.25. The molecule has 1 aliphatic rings. The highest BCUT2D eigenvalue weighted by Crippen LogP contribution is 2.34. The lowest BCUT2D eigenvalue weighted by atomic mass is 10.2. The minimum absolute atomic E-state index is 0.102. The zero-order valence-electron chi connectivity index (χ0n) is 11.1. The summed E-state index contributed by atoms with van der Waals surface area (Å²) in [4.78, 5) is 32.8. The number of anilines is 1.